The number of carbonyl (C=O) groups is 2. The lowest BCUT2D eigenvalue weighted by molar-refractivity contribution is 0.0240. The van der Waals surface area contributed by atoms with Crippen LogP contribution in [0.3, 0.4) is 0 Å². The third kappa shape index (κ3) is 6.55. The highest BCUT2D eigenvalue weighted by Gasteiger charge is 2.26. The molecule has 0 aromatic carbocycles. The van der Waals surface area contributed by atoms with Crippen LogP contribution in [0.1, 0.15) is 20.8 Å². The molecule has 0 radical (unpaired) electrons. The quantitative estimate of drug-likeness (QED) is 0.736. The van der Waals surface area contributed by atoms with Gasteiger partial charge in [0.2, 0.25) is 0 Å². The molecule has 2 amide bonds. The van der Waals surface area contributed by atoms with Crippen molar-refractivity contribution in [2.75, 3.05) is 43.5 Å². The van der Waals surface area contributed by atoms with E-state index in [0.717, 1.165) is 5.69 Å². The molecule has 0 bridgehead atoms. The lowest BCUT2D eigenvalue weighted by Crippen LogP contribution is -2.50. The third-order valence-electron chi connectivity index (χ3n) is 3.69. The highest BCUT2D eigenvalue weighted by Crippen LogP contribution is 2.18. The van der Waals surface area contributed by atoms with E-state index < -0.39 is 11.7 Å². The van der Waals surface area contributed by atoms with E-state index in [1.54, 1.807) is 17.2 Å². The van der Waals surface area contributed by atoms with E-state index in [1.165, 1.54) is 7.11 Å². The van der Waals surface area contributed by atoms with Gasteiger partial charge >= 0.3 is 12.2 Å². The Morgan fingerprint density at radius 3 is 2.37 bits per heavy atom. The standard InChI is InChI=1S/C17H25N5O4S/c1-17(2,3)26-16(24)22-9-7-21(8-10-22)12-5-6-13(18-11-12)19-14(27)20-15(23)25-4/h5-6,11H,7-10H2,1-4H3,(H2,18,19,20,23,27). The van der Waals surface area contributed by atoms with E-state index >= 15 is 0 Å². The molecule has 1 aliphatic rings. The Bertz CT molecular complexity index is 682. The molecule has 10 heteroatoms. The molecule has 2 N–H and O–H groups in total. The minimum Gasteiger partial charge on any atom is -0.453 e. The minimum atomic E-state index is -0.646. The molecule has 148 valence electrons. The number of carbonyl (C=O) groups excluding carboxylic acids is 2. The summed E-state index contributed by atoms with van der Waals surface area (Å²) in [6.45, 7) is 8.12. The Morgan fingerprint density at radius 2 is 1.85 bits per heavy atom. The molecule has 1 aromatic heterocycles. The second-order valence-corrected chi connectivity index (χ2v) is 7.34. The van der Waals surface area contributed by atoms with Gasteiger partial charge in [0.15, 0.2) is 5.11 Å². The second-order valence-electron chi connectivity index (χ2n) is 6.93. The summed E-state index contributed by atoms with van der Waals surface area (Å²) in [5, 5.41) is 5.25. The number of nitrogens with zero attached hydrogens (tertiary/aromatic N) is 3. The largest absolute Gasteiger partial charge is 0.453 e. The first-order chi connectivity index (χ1) is 12.7. The third-order valence-corrected chi connectivity index (χ3v) is 3.89. The molecule has 1 aromatic rings. The van der Waals surface area contributed by atoms with Gasteiger partial charge in [-0.25, -0.2) is 14.6 Å². The number of pyridine rings is 1. The number of thiocarbonyl (C=S) groups is 1. The number of piperazine rings is 1. The van der Waals surface area contributed by atoms with Gasteiger partial charge in [0.05, 0.1) is 19.0 Å². The average molecular weight is 395 g/mol. The van der Waals surface area contributed by atoms with Crippen molar-refractivity contribution < 1.29 is 19.1 Å². The van der Waals surface area contributed by atoms with Gasteiger partial charge in [0, 0.05) is 26.2 Å². The monoisotopic (exact) mass is 395 g/mol. The molecule has 2 rings (SSSR count). The van der Waals surface area contributed by atoms with Crippen LogP contribution >= 0.6 is 12.2 Å². The highest BCUT2D eigenvalue weighted by atomic mass is 32.1. The van der Waals surface area contributed by atoms with Crippen molar-refractivity contribution in [3.05, 3.63) is 18.3 Å². The normalized spacial score (nSPS) is 14.4. The summed E-state index contributed by atoms with van der Waals surface area (Å²) in [6.07, 6.45) is 0.782. The second kappa shape index (κ2) is 8.85. The first-order valence-electron chi connectivity index (χ1n) is 8.53. The predicted octanol–water partition coefficient (Wildman–Crippen LogP) is 2.19. The fourth-order valence-electron chi connectivity index (χ4n) is 2.41. The summed E-state index contributed by atoms with van der Waals surface area (Å²) in [6, 6.07) is 3.67. The topological polar surface area (TPSA) is 96.0 Å². The molecule has 0 unspecified atom stereocenters. The predicted molar refractivity (Wildman–Crippen MR) is 106 cm³/mol. The smallest absolute Gasteiger partial charge is 0.413 e. The lowest BCUT2D eigenvalue weighted by Gasteiger charge is -2.36. The Labute approximate surface area is 164 Å². The summed E-state index contributed by atoms with van der Waals surface area (Å²) in [5.41, 5.74) is 0.445. The van der Waals surface area contributed by atoms with Crippen LogP contribution < -0.4 is 15.5 Å². The number of alkyl carbamates (subject to hydrolysis) is 1. The molecule has 1 aliphatic heterocycles. The number of aromatic nitrogens is 1. The van der Waals surface area contributed by atoms with Crippen molar-refractivity contribution in [2.24, 2.45) is 0 Å². The number of hydrogen-bond donors (Lipinski definition) is 2. The van der Waals surface area contributed by atoms with Crippen molar-refractivity contribution in [3.8, 4) is 0 Å². The molecule has 0 saturated carbocycles. The first kappa shape index (κ1) is 20.7. The molecular weight excluding hydrogens is 370 g/mol. The number of nitrogens with one attached hydrogen (secondary N) is 2. The fraction of sp³-hybridized carbons (Fsp3) is 0.529. The molecule has 2 heterocycles. The zero-order valence-electron chi connectivity index (χ0n) is 15.9. The van der Waals surface area contributed by atoms with Crippen LogP contribution in [0, 0.1) is 0 Å². The van der Waals surface area contributed by atoms with E-state index in [9.17, 15) is 9.59 Å². The lowest BCUT2D eigenvalue weighted by atomic mass is 10.2. The molecule has 9 nitrogen and oxygen atoms in total. The molecular formula is C17H25N5O4S. The average Bonchev–Trinajstić information content (AvgIpc) is 2.61. The molecule has 27 heavy (non-hydrogen) atoms. The number of rotatable bonds is 2. The van der Waals surface area contributed by atoms with Crippen molar-refractivity contribution in [1.82, 2.24) is 15.2 Å². The van der Waals surface area contributed by atoms with Gasteiger partial charge in [-0.2, -0.15) is 0 Å². The van der Waals surface area contributed by atoms with Crippen LogP contribution in [0.2, 0.25) is 0 Å². The van der Waals surface area contributed by atoms with E-state index in [1.807, 2.05) is 26.8 Å². The van der Waals surface area contributed by atoms with E-state index in [0.29, 0.717) is 32.0 Å². The van der Waals surface area contributed by atoms with Gasteiger partial charge in [0.25, 0.3) is 0 Å². The summed E-state index contributed by atoms with van der Waals surface area (Å²) in [4.78, 5) is 31.4. The van der Waals surface area contributed by atoms with E-state index in [-0.39, 0.29) is 11.2 Å². The minimum absolute atomic E-state index is 0.105. The highest BCUT2D eigenvalue weighted by molar-refractivity contribution is 7.80. The molecule has 0 atom stereocenters. The van der Waals surface area contributed by atoms with Crippen molar-refractivity contribution in [3.63, 3.8) is 0 Å². The van der Waals surface area contributed by atoms with Gasteiger partial charge in [0.1, 0.15) is 11.4 Å². The number of ether oxygens (including phenoxy) is 2. The van der Waals surface area contributed by atoms with Crippen LogP contribution in [0.15, 0.2) is 18.3 Å². The van der Waals surface area contributed by atoms with E-state index in [2.05, 4.69) is 25.3 Å². The maximum Gasteiger partial charge on any atom is 0.413 e. The van der Waals surface area contributed by atoms with E-state index in [4.69, 9.17) is 17.0 Å². The Kier molecular flexibility index (Phi) is 6.78. The van der Waals surface area contributed by atoms with Crippen LogP contribution in [0.25, 0.3) is 0 Å². The SMILES string of the molecule is COC(=O)NC(=S)Nc1ccc(N2CCN(C(=O)OC(C)(C)C)CC2)cn1. The van der Waals surface area contributed by atoms with Crippen molar-refractivity contribution in [2.45, 2.75) is 26.4 Å². The zero-order valence-corrected chi connectivity index (χ0v) is 16.8. The Morgan fingerprint density at radius 1 is 1.19 bits per heavy atom. The number of hydrogen-bond acceptors (Lipinski definition) is 7. The molecule has 0 spiro atoms. The molecule has 1 fully saturated rings. The number of amides is 2. The van der Waals surface area contributed by atoms with Gasteiger partial charge in [-0.15, -0.1) is 0 Å². The first-order valence-corrected chi connectivity index (χ1v) is 8.93. The van der Waals surface area contributed by atoms with Crippen LogP contribution in [0.4, 0.5) is 21.1 Å². The maximum absolute atomic E-state index is 12.1. The molecule has 1 saturated heterocycles. The summed E-state index contributed by atoms with van der Waals surface area (Å²) in [5.74, 6) is 0.507. The number of anilines is 2. The Balaban J connectivity index is 1.85. The molecule has 0 aliphatic carbocycles. The van der Waals surface area contributed by atoms with Crippen LogP contribution in [0.5, 0.6) is 0 Å². The van der Waals surface area contributed by atoms with Gasteiger partial charge in [-0.3, -0.25) is 5.32 Å². The fourth-order valence-corrected chi connectivity index (χ4v) is 2.60. The summed E-state index contributed by atoms with van der Waals surface area (Å²) in [7, 11) is 1.26. The number of methoxy groups -OCH3 is 1. The Hall–Kier alpha value is -2.62. The van der Waals surface area contributed by atoms with Crippen LogP contribution in [-0.2, 0) is 9.47 Å². The maximum atomic E-state index is 12.1. The van der Waals surface area contributed by atoms with Gasteiger partial charge < -0.3 is 24.6 Å². The van der Waals surface area contributed by atoms with Gasteiger partial charge in [-0.05, 0) is 45.1 Å². The van der Waals surface area contributed by atoms with Crippen molar-refractivity contribution >= 4 is 41.0 Å². The zero-order chi connectivity index (χ0) is 20.0. The summed E-state index contributed by atoms with van der Waals surface area (Å²) < 4.78 is 9.87. The van der Waals surface area contributed by atoms with Gasteiger partial charge in [-0.1, -0.05) is 0 Å². The van der Waals surface area contributed by atoms with Crippen molar-refractivity contribution in [1.29, 1.82) is 0 Å². The summed E-state index contributed by atoms with van der Waals surface area (Å²) >= 11 is 4.99. The van der Waals surface area contributed by atoms with Crippen LogP contribution in [-0.4, -0.2) is 66.1 Å².